The van der Waals surface area contributed by atoms with Crippen LogP contribution in [0.25, 0.3) is 10.8 Å². The van der Waals surface area contributed by atoms with Crippen molar-refractivity contribution in [1.29, 1.82) is 0 Å². The average Bonchev–Trinajstić information content (AvgIpc) is 2.12. The van der Waals surface area contributed by atoms with E-state index in [0.29, 0.717) is 9.63 Å². The zero-order valence-electron chi connectivity index (χ0n) is 6.39. The van der Waals surface area contributed by atoms with Crippen LogP contribution in [0.1, 0.15) is 0 Å². The van der Waals surface area contributed by atoms with Crippen molar-refractivity contribution in [3.63, 3.8) is 0 Å². The zero-order chi connectivity index (χ0) is 9.42. The standard InChI is InChI=1S/C9H4BrClFN/c10-9-6-3-8(11)13-4-5(6)1-2-7(9)12/h1-4H. The molecule has 0 saturated carbocycles. The van der Waals surface area contributed by atoms with E-state index in [0.717, 1.165) is 10.8 Å². The molecular weight excluding hydrogens is 256 g/mol. The number of hydrogen-bond donors (Lipinski definition) is 0. The Balaban J connectivity index is 2.89. The lowest BCUT2D eigenvalue weighted by atomic mass is 10.2. The molecule has 0 aliphatic carbocycles. The molecule has 0 N–H and O–H groups in total. The van der Waals surface area contributed by atoms with Crippen molar-refractivity contribution in [3.05, 3.63) is 39.8 Å². The topological polar surface area (TPSA) is 12.9 Å². The molecule has 0 fully saturated rings. The molecule has 66 valence electrons. The van der Waals surface area contributed by atoms with Crippen LogP contribution in [0.3, 0.4) is 0 Å². The van der Waals surface area contributed by atoms with E-state index in [1.165, 1.54) is 6.07 Å². The van der Waals surface area contributed by atoms with E-state index < -0.39 is 0 Å². The molecule has 0 aliphatic rings. The maximum absolute atomic E-state index is 13.1. The molecule has 1 nitrogen and oxygen atoms in total. The molecule has 1 aromatic carbocycles. The first-order valence-corrected chi connectivity index (χ1v) is 4.75. The molecule has 0 aliphatic heterocycles. The minimum absolute atomic E-state index is 0.297. The predicted octanol–water partition coefficient (Wildman–Crippen LogP) is 3.79. The number of fused-ring (bicyclic) bond motifs is 1. The largest absolute Gasteiger partial charge is 0.244 e. The van der Waals surface area contributed by atoms with Crippen LogP contribution >= 0.6 is 27.5 Å². The van der Waals surface area contributed by atoms with E-state index in [1.807, 2.05) is 0 Å². The van der Waals surface area contributed by atoms with Crippen molar-refractivity contribution in [3.8, 4) is 0 Å². The fourth-order valence-corrected chi connectivity index (χ4v) is 1.76. The molecule has 0 atom stereocenters. The van der Waals surface area contributed by atoms with E-state index >= 15 is 0 Å². The van der Waals surface area contributed by atoms with Gasteiger partial charge in [0, 0.05) is 17.0 Å². The number of benzene rings is 1. The second-order valence-corrected chi connectivity index (χ2v) is 3.77. The highest BCUT2D eigenvalue weighted by Crippen LogP contribution is 2.27. The smallest absolute Gasteiger partial charge is 0.138 e. The highest BCUT2D eigenvalue weighted by molar-refractivity contribution is 9.10. The third-order valence-corrected chi connectivity index (χ3v) is 2.77. The summed E-state index contributed by atoms with van der Waals surface area (Å²) in [5.41, 5.74) is 0. The van der Waals surface area contributed by atoms with Gasteiger partial charge >= 0.3 is 0 Å². The van der Waals surface area contributed by atoms with Gasteiger partial charge in [0.2, 0.25) is 0 Å². The fraction of sp³-hybridized carbons (Fsp3) is 0. The van der Waals surface area contributed by atoms with E-state index in [4.69, 9.17) is 11.6 Å². The minimum Gasteiger partial charge on any atom is -0.244 e. The number of aromatic nitrogens is 1. The van der Waals surface area contributed by atoms with Gasteiger partial charge in [0.05, 0.1) is 4.47 Å². The summed E-state index contributed by atoms with van der Waals surface area (Å²) in [7, 11) is 0. The molecule has 0 unspecified atom stereocenters. The van der Waals surface area contributed by atoms with E-state index in [1.54, 1.807) is 18.3 Å². The third kappa shape index (κ3) is 1.54. The van der Waals surface area contributed by atoms with E-state index in [9.17, 15) is 4.39 Å². The van der Waals surface area contributed by atoms with Crippen LogP contribution in [-0.4, -0.2) is 4.98 Å². The van der Waals surface area contributed by atoms with Gasteiger partial charge in [0.1, 0.15) is 11.0 Å². The molecule has 1 aromatic heterocycles. The predicted molar refractivity (Wildman–Crippen MR) is 54.4 cm³/mol. The van der Waals surface area contributed by atoms with E-state index in [-0.39, 0.29) is 5.82 Å². The van der Waals surface area contributed by atoms with Gasteiger partial charge in [-0.1, -0.05) is 11.6 Å². The molecule has 0 spiro atoms. The monoisotopic (exact) mass is 259 g/mol. The van der Waals surface area contributed by atoms with Crippen molar-refractivity contribution < 1.29 is 4.39 Å². The zero-order valence-corrected chi connectivity index (χ0v) is 8.73. The quantitative estimate of drug-likeness (QED) is 0.657. The summed E-state index contributed by atoms with van der Waals surface area (Å²) >= 11 is 8.84. The maximum atomic E-state index is 13.1. The van der Waals surface area contributed by atoms with Crippen molar-refractivity contribution in [2.75, 3.05) is 0 Å². The van der Waals surface area contributed by atoms with Crippen LogP contribution in [0.15, 0.2) is 28.9 Å². The number of halogens is 3. The molecule has 0 bridgehead atoms. The lowest BCUT2D eigenvalue weighted by molar-refractivity contribution is 0.623. The lowest BCUT2D eigenvalue weighted by Crippen LogP contribution is -1.82. The molecule has 0 amide bonds. The number of pyridine rings is 1. The third-order valence-electron chi connectivity index (χ3n) is 1.76. The average molecular weight is 260 g/mol. The first kappa shape index (κ1) is 8.91. The van der Waals surface area contributed by atoms with E-state index in [2.05, 4.69) is 20.9 Å². The summed E-state index contributed by atoms with van der Waals surface area (Å²) in [6, 6.07) is 4.69. The van der Waals surface area contributed by atoms with Gasteiger partial charge < -0.3 is 0 Å². The highest BCUT2D eigenvalue weighted by Gasteiger charge is 2.04. The van der Waals surface area contributed by atoms with Gasteiger partial charge in [0.25, 0.3) is 0 Å². The normalized spacial score (nSPS) is 10.7. The molecule has 13 heavy (non-hydrogen) atoms. The van der Waals surface area contributed by atoms with Crippen molar-refractivity contribution in [2.45, 2.75) is 0 Å². The Morgan fingerprint density at radius 1 is 1.38 bits per heavy atom. The summed E-state index contributed by atoms with van der Waals surface area (Å²) in [5.74, 6) is -0.297. The molecule has 1 heterocycles. The second kappa shape index (κ2) is 3.24. The fourth-order valence-electron chi connectivity index (χ4n) is 1.13. The first-order valence-electron chi connectivity index (χ1n) is 3.58. The van der Waals surface area contributed by atoms with Crippen LogP contribution in [0.2, 0.25) is 5.15 Å². The van der Waals surface area contributed by atoms with Gasteiger partial charge in [-0.2, -0.15) is 0 Å². The van der Waals surface area contributed by atoms with Crippen LogP contribution in [0, 0.1) is 5.82 Å². The van der Waals surface area contributed by atoms with Gasteiger partial charge in [-0.3, -0.25) is 0 Å². The number of nitrogens with zero attached hydrogens (tertiary/aromatic N) is 1. The van der Waals surface area contributed by atoms with Gasteiger partial charge in [-0.25, -0.2) is 9.37 Å². The van der Waals surface area contributed by atoms with Gasteiger partial charge in [0.15, 0.2) is 0 Å². The Morgan fingerprint density at radius 3 is 2.92 bits per heavy atom. The van der Waals surface area contributed by atoms with Gasteiger partial charge in [-0.15, -0.1) is 0 Å². The lowest BCUT2D eigenvalue weighted by Gasteiger charge is -2.01. The van der Waals surface area contributed by atoms with Crippen LogP contribution in [-0.2, 0) is 0 Å². The molecule has 2 rings (SSSR count). The molecule has 0 saturated heterocycles. The minimum atomic E-state index is -0.297. The summed E-state index contributed by atoms with van der Waals surface area (Å²) < 4.78 is 13.5. The maximum Gasteiger partial charge on any atom is 0.138 e. The van der Waals surface area contributed by atoms with Gasteiger partial charge in [-0.05, 0) is 34.1 Å². The van der Waals surface area contributed by atoms with Crippen LogP contribution < -0.4 is 0 Å². The Labute approximate surface area is 87.7 Å². The highest BCUT2D eigenvalue weighted by atomic mass is 79.9. The Bertz CT molecular complexity index is 467. The first-order chi connectivity index (χ1) is 6.18. The van der Waals surface area contributed by atoms with Crippen LogP contribution in [0.5, 0.6) is 0 Å². The molecule has 2 aromatic rings. The number of hydrogen-bond acceptors (Lipinski definition) is 1. The van der Waals surface area contributed by atoms with Crippen molar-refractivity contribution in [1.82, 2.24) is 4.98 Å². The Morgan fingerprint density at radius 2 is 2.15 bits per heavy atom. The summed E-state index contributed by atoms with van der Waals surface area (Å²) in [6.07, 6.45) is 1.61. The second-order valence-electron chi connectivity index (χ2n) is 2.59. The molecular formula is C9H4BrClFN. The van der Waals surface area contributed by atoms with Crippen LogP contribution in [0.4, 0.5) is 4.39 Å². The number of rotatable bonds is 0. The SMILES string of the molecule is Fc1ccc2cnc(Cl)cc2c1Br. The molecule has 4 heteroatoms. The Kier molecular flexibility index (Phi) is 2.22. The Hall–Kier alpha value is -0.670. The van der Waals surface area contributed by atoms with Crippen molar-refractivity contribution in [2.24, 2.45) is 0 Å². The summed E-state index contributed by atoms with van der Waals surface area (Å²) in [4.78, 5) is 3.90. The summed E-state index contributed by atoms with van der Waals surface area (Å²) in [5, 5.41) is 1.96. The summed E-state index contributed by atoms with van der Waals surface area (Å²) in [6.45, 7) is 0. The molecule has 0 radical (unpaired) electrons. The van der Waals surface area contributed by atoms with Crippen molar-refractivity contribution >= 4 is 38.3 Å².